The molecule has 20 heavy (non-hydrogen) atoms. The molecule has 3 N–H and O–H groups in total. The van der Waals surface area contributed by atoms with Gasteiger partial charge in [0, 0.05) is 4.47 Å². The van der Waals surface area contributed by atoms with Crippen LogP contribution in [0.5, 0.6) is 0 Å². The molecule has 0 aliphatic rings. The number of halogens is 1. The zero-order chi connectivity index (χ0) is 15.7. The Bertz CT molecular complexity index is 639. The summed E-state index contributed by atoms with van der Waals surface area (Å²) < 4.78 is 27.2. The molecular formula is C12H16BrNO5S. The molecule has 6 nitrogen and oxygen atoms in total. The Labute approximate surface area is 126 Å². The van der Waals surface area contributed by atoms with Gasteiger partial charge in [-0.3, -0.25) is 0 Å². The van der Waals surface area contributed by atoms with Crippen LogP contribution in [0.4, 0.5) is 0 Å². The molecule has 112 valence electrons. The molecule has 0 spiro atoms. The maximum Gasteiger partial charge on any atom is 0.336 e. The van der Waals surface area contributed by atoms with Crippen LogP contribution in [-0.4, -0.2) is 36.7 Å². The van der Waals surface area contributed by atoms with Crippen LogP contribution in [0.25, 0.3) is 0 Å². The van der Waals surface area contributed by atoms with Crippen molar-refractivity contribution in [2.45, 2.75) is 31.3 Å². The van der Waals surface area contributed by atoms with Crippen molar-refractivity contribution in [3.05, 3.63) is 27.7 Å². The summed E-state index contributed by atoms with van der Waals surface area (Å²) in [5.41, 5.74) is -0.906. The number of hydrogen-bond acceptors (Lipinski definition) is 4. The number of carboxylic acids is 1. The maximum atomic E-state index is 12.2. The van der Waals surface area contributed by atoms with Crippen molar-refractivity contribution in [1.82, 2.24) is 4.72 Å². The molecule has 0 aliphatic carbocycles. The lowest BCUT2D eigenvalue weighted by Crippen LogP contribution is -2.46. The van der Waals surface area contributed by atoms with Crippen LogP contribution >= 0.6 is 15.9 Å². The van der Waals surface area contributed by atoms with Gasteiger partial charge in [0.05, 0.1) is 11.4 Å². The van der Waals surface area contributed by atoms with Gasteiger partial charge in [-0.1, -0.05) is 15.9 Å². The van der Waals surface area contributed by atoms with Gasteiger partial charge in [-0.05, 0) is 44.0 Å². The molecular weight excluding hydrogens is 350 g/mol. The highest BCUT2D eigenvalue weighted by Crippen LogP contribution is 2.24. The fourth-order valence-corrected chi connectivity index (χ4v) is 3.33. The van der Waals surface area contributed by atoms with Gasteiger partial charge in [0.25, 0.3) is 0 Å². The van der Waals surface area contributed by atoms with E-state index in [4.69, 9.17) is 5.11 Å². The highest BCUT2D eigenvalue weighted by molar-refractivity contribution is 9.10. The normalized spacial score (nSPS) is 14.8. The second kappa shape index (κ2) is 5.80. The molecule has 0 heterocycles. The largest absolute Gasteiger partial charge is 0.479 e. The first-order valence-electron chi connectivity index (χ1n) is 5.69. The maximum absolute atomic E-state index is 12.2. The Morgan fingerprint density at radius 2 is 1.90 bits per heavy atom. The number of aliphatic carboxylic acids is 1. The number of hydrogen-bond donors (Lipinski definition) is 3. The topological polar surface area (TPSA) is 104 Å². The highest BCUT2D eigenvalue weighted by Gasteiger charge is 2.32. The van der Waals surface area contributed by atoms with E-state index in [-0.39, 0.29) is 4.90 Å². The molecule has 0 fully saturated rings. The molecule has 0 aliphatic heterocycles. The van der Waals surface area contributed by atoms with Gasteiger partial charge in [-0.25, -0.2) is 17.9 Å². The van der Waals surface area contributed by atoms with Crippen molar-refractivity contribution in [1.29, 1.82) is 0 Å². The van der Waals surface area contributed by atoms with Gasteiger partial charge >= 0.3 is 5.97 Å². The number of aryl methyl sites for hydroxylation is 2. The van der Waals surface area contributed by atoms with E-state index in [2.05, 4.69) is 20.7 Å². The van der Waals surface area contributed by atoms with Crippen molar-refractivity contribution < 1.29 is 23.4 Å². The Morgan fingerprint density at radius 3 is 2.40 bits per heavy atom. The second-order valence-corrected chi connectivity index (χ2v) is 7.36. The molecule has 1 rings (SSSR count). The van der Waals surface area contributed by atoms with Crippen molar-refractivity contribution in [2.75, 3.05) is 6.54 Å². The molecule has 0 aromatic heterocycles. The highest BCUT2D eigenvalue weighted by atomic mass is 79.9. The molecule has 1 aromatic carbocycles. The minimum atomic E-state index is -3.89. The quantitative estimate of drug-likeness (QED) is 0.726. The molecule has 8 heteroatoms. The fourth-order valence-electron chi connectivity index (χ4n) is 1.43. The zero-order valence-corrected chi connectivity index (χ0v) is 13.7. The third-order valence-electron chi connectivity index (χ3n) is 2.81. The molecule has 0 amide bonds. The van der Waals surface area contributed by atoms with Crippen LogP contribution in [0, 0.1) is 13.8 Å². The predicted molar refractivity (Wildman–Crippen MR) is 77.1 cm³/mol. The second-order valence-electron chi connectivity index (χ2n) is 4.77. The lowest BCUT2D eigenvalue weighted by atomic mass is 10.1. The molecule has 1 atom stereocenters. The number of carboxylic acid groups (broad SMARTS) is 1. The monoisotopic (exact) mass is 365 g/mol. The Kier molecular flexibility index (Phi) is 4.96. The van der Waals surface area contributed by atoms with Gasteiger partial charge in [-0.15, -0.1) is 0 Å². The first-order valence-corrected chi connectivity index (χ1v) is 7.97. The van der Waals surface area contributed by atoms with Crippen LogP contribution in [0.1, 0.15) is 18.1 Å². The molecule has 0 saturated heterocycles. The van der Waals surface area contributed by atoms with Gasteiger partial charge in [0.1, 0.15) is 0 Å². The fraction of sp³-hybridized carbons (Fsp3) is 0.417. The van der Waals surface area contributed by atoms with Crippen molar-refractivity contribution >= 4 is 31.9 Å². The summed E-state index contributed by atoms with van der Waals surface area (Å²) in [6.45, 7) is 3.79. The summed E-state index contributed by atoms with van der Waals surface area (Å²) >= 11 is 3.30. The van der Waals surface area contributed by atoms with Crippen LogP contribution in [0.2, 0.25) is 0 Å². The summed E-state index contributed by atoms with van der Waals surface area (Å²) in [4.78, 5) is 10.8. The lowest BCUT2D eigenvalue weighted by molar-refractivity contribution is -0.155. The smallest absolute Gasteiger partial charge is 0.336 e. The Morgan fingerprint density at radius 1 is 1.35 bits per heavy atom. The predicted octanol–water partition coefficient (Wildman–Crippen LogP) is 1.18. The van der Waals surface area contributed by atoms with Crippen LogP contribution < -0.4 is 4.72 Å². The summed E-state index contributed by atoms with van der Waals surface area (Å²) in [6.07, 6.45) is 0. The summed E-state index contributed by atoms with van der Waals surface area (Å²) in [7, 11) is -3.89. The summed E-state index contributed by atoms with van der Waals surface area (Å²) in [5, 5.41) is 18.3. The van der Waals surface area contributed by atoms with Crippen LogP contribution in [-0.2, 0) is 14.8 Å². The van der Waals surface area contributed by atoms with Crippen LogP contribution in [0.3, 0.4) is 0 Å². The third-order valence-corrected chi connectivity index (χ3v) is 5.21. The van der Waals surface area contributed by atoms with E-state index < -0.39 is 28.1 Å². The van der Waals surface area contributed by atoms with Gasteiger partial charge in [-0.2, -0.15) is 0 Å². The third kappa shape index (κ3) is 3.78. The minimum Gasteiger partial charge on any atom is -0.479 e. The molecule has 1 unspecified atom stereocenters. The molecule has 0 radical (unpaired) electrons. The Hall–Kier alpha value is -0.960. The standard InChI is InChI=1S/C12H16BrNO5S/c1-7-5-10(8(2)4-9(7)13)20(18,19)14-6-12(3,17)11(15)16/h4-5,14,17H,6H2,1-3H3,(H,15,16). The zero-order valence-electron chi connectivity index (χ0n) is 11.3. The van der Waals surface area contributed by atoms with Gasteiger partial charge in [0.15, 0.2) is 5.60 Å². The number of aliphatic hydroxyl groups is 1. The first-order chi connectivity index (χ1) is 8.97. The molecule has 0 saturated carbocycles. The van der Waals surface area contributed by atoms with Crippen molar-refractivity contribution in [2.24, 2.45) is 0 Å². The van der Waals surface area contributed by atoms with E-state index in [1.54, 1.807) is 19.9 Å². The number of benzene rings is 1. The average molecular weight is 366 g/mol. The SMILES string of the molecule is Cc1cc(S(=O)(=O)NCC(C)(O)C(=O)O)c(C)cc1Br. The van der Waals surface area contributed by atoms with E-state index >= 15 is 0 Å². The van der Waals surface area contributed by atoms with Gasteiger partial charge < -0.3 is 10.2 Å². The van der Waals surface area contributed by atoms with E-state index in [1.807, 2.05) is 0 Å². The first kappa shape index (κ1) is 17.1. The van der Waals surface area contributed by atoms with Crippen LogP contribution in [0.15, 0.2) is 21.5 Å². The van der Waals surface area contributed by atoms with Crippen molar-refractivity contribution in [3.63, 3.8) is 0 Å². The van der Waals surface area contributed by atoms with E-state index in [9.17, 15) is 18.3 Å². The van der Waals surface area contributed by atoms with Crippen molar-refractivity contribution in [3.8, 4) is 0 Å². The van der Waals surface area contributed by atoms with E-state index in [0.717, 1.165) is 17.0 Å². The number of rotatable bonds is 5. The van der Waals surface area contributed by atoms with E-state index in [0.29, 0.717) is 5.56 Å². The molecule has 1 aromatic rings. The minimum absolute atomic E-state index is 0.0550. The number of sulfonamides is 1. The summed E-state index contributed by atoms with van der Waals surface area (Å²) in [6, 6.07) is 3.15. The number of nitrogens with one attached hydrogen (secondary N) is 1. The van der Waals surface area contributed by atoms with E-state index in [1.165, 1.54) is 6.07 Å². The Balaban J connectivity index is 3.07. The molecule has 0 bridgehead atoms. The van der Waals surface area contributed by atoms with Gasteiger partial charge in [0.2, 0.25) is 10.0 Å². The number of carbonyl (C=O) groups is 1. The lowest BCUT2D eigenvalue weighted by Gasteiger charge is -2.19. The average Bonchev–Trinajstić information content (AvgIpc) is 2.31. The summed E-state index contributed by atoms with van der Waals surface area (Å²) in [5.74, 6) is -1.50.